The van der Waals surface area contributed by atoms with Crippen molar-refractivity contribution in [3.63, 3.8) is 0 Å². The van der Waals surface area contributed by atoms with E-state index >= 15 is 0 Å². The van der Waals surface area contributed by atoms with Crippen LogP contribution in [-0.4, -0.2) is 38.5 Å². The number of amides is 1. The van der Waals surface area contributed by atoms with Crippen LogP contribution >= 0.6 is 0 Å². The second-order valence-electron chi connectivity index (χ2n) is 7.34. The molecule has 0 aliphatic rings. The van der Waals surface area contributed by atoms with E-state index in [2.05, 4.69) is 31.5 Å². The lowest BCUT2D eigenvalue weighted by atomic mass is 10.0. The van der Waals surface area contributed by atoms with Gasteiger partial charge in [0.05, 0.1) is 17.8 Å². The monoisotopic (exact) mass is 400 g/mol. The van der Waals surface area contributed by atoms with Crippen LogP contribution in [-0.2, 0) is 17.9 Å². The number of aromatic nitrogens is 4. The van der Waals surface area contributed by atoms with Crippen LogP contribution in [0.25, 0.3) is 22.2 Å². The van der Waals surface area contributed by atoms with Gasteiger partial charge in [-0.3, -0.25) is 19.9 Å². The zero-order valence-electron chi connectivity index (χ0n) is 17.3. The summed E-state index contributed by atoms with van der Waals surface area (Å²) in [5, 5.41) is 11.9. The molecule has 7 nitrogen and oxygen atoms in total. The number of carbonyl (C=O) groups is 1. The molecule has 0 radical (unpaired) electrons. The third kappa shape index (κ3) is 4.00. The Hall–Kier alpha value is -3.74. The zero-order chi connectivity index (χ0) is 21.1. The SMILES string of the molecule is CNc1cc2[nH]nc(-c3ccnc(C)c3)c2cc1CN(C=O)Cc1cccc(C)n1. The fourth-order valence-electron chi connectivity index (χ4n) is 3.63. The first-order valence-corrected chi connectivity index (χ1v) is 9.81. The molecule has 2 N–H and O–H groups in total. The molecular formula is C23H24N6O. The summed E-state index contributed by atoms with van der Waals surface area (Å²) in [6.45, 7) is 4.83. The van der Waals surface area contributed by atoms with Crippen molar-refractivity contribution >= 4 is 23.0 Å². The van der Waals surface area contributed by atoms with Crippen LogP contribution in [0.2, 0.25) is 0 Å². The maximum absolute atomic E-state index is 11.8. The highest BCUT2D eigenvalue weighted by molar-refractivity contribution is 5.95. The maximum Gasteiger partial charge on any atom is 0.210 e. The Balaban J connectivity index is 1.70. The van der Waals surface area contributed by atoms with Gasteiger partial charge in [0, 0.05) is 47.8 Å². The van der Waals surface area contributed by atoms with Crippen molar-refractivity contribution in [2.24, 2.45) is 0 Å². The number of hydrogen-bond donors (Lipinski definition) is 2. The van der Waals surface area contributed by atoms with Crippen LogP contribution in [0.4, 0.5) is 5.69 Å². The second-order valence-corrected chi connectivity index (χ2v) is 7.34. The average molecular weight is 400 g/mol. The van der Waals surface area contributed by atoms with Gasteiger partial charge in [0.15, 0.2) is 0 Å². The highest BCUT2D eigenvalue weighted by Gasteiger charge is 2.15. The van der Waals surface area contributed by atoms with Crippen LogP contribution in [0.5, 0.6) is 0 Å². The number of nitrogens with one attached hydrogen (secondary N) is 2. The van der Waals surface area contributed by atoms with Crippen LogP contribution in [0.15, 0.2) is 48.7 Å². The minimum absolute atomic E-state index is 0.453. The molecule has 0 saturated carbocycles. The molecule has 0 atom stereocenters. The summed E-state index contributed by atoms with van der Waals surface area (Å²) >= 11 is 0. The van der Waals surface area contributed by atoms with Gasteiger partial charge >= 0.3 is 0 Å². The lowest BCUT2D eigenvalue weighted by molar-refractivity contribution is -0.119. The lowest BCUT2D eigenvalue weighted by Gasteiger charge is -2.19. The predicted molar refractivity (Wildman–Crippen MR) is 118 cm³/mol. The van der Waals surface area contributed by atoms with Crippen molar-refractivity contribution in [3.05, 3.63) is 71.3 Å². The molecule has 7 heteroatoms. The number of pyridine rings is 2. The van der Waals surface area contributed by atoms with Crippen molar-refractivity contribution in [2.75, 3.05) is 12.4 Å². The third-order valence-electron chi connectivity index (χ3n) is 5.06. The van der Waals surface area contributed by atoms with Crippen molar-refractivity contribution in [1.82, 2.24) is 25.1 Å². The fourth-order valence-corrected chi connectivity index (χ4v) is 3.63. The Kier molecular flexibility index (Phi) is 5.43. The van der Waals surface area contributed by atoms with Crippen molar-refractivity contribution in [3.8, 4) is 11.3 Å². The van der Waals surface area contributed by atoms with Crippen LogP contribution in [0.1, 0.15) is 22.6 Å². The second kappa shape index (κ2) is 8.32. The molecule has 1 amide bonds. The average Bonchev–Trinajstić information content (AvgIpc) is 3.15. The van der Waals surface area contributed by atoms with Gasteiger partial charge in [-0.2, -0.15) is 5.10 Å². The number of carbonyl (C=O) groups excluding carboxylic acids is 1. The van der Waals surface area contributed by atoms with E-state index in [-0.39, 0.29) is 0 Å². The molecule has 0 unspecified atom stereocenters. The predicted octanol–water partition coefficient (Wildman–Crippen LogP) is 3.84. The zero-order valence-corrected chi connectivity index (χ0v) is 17.3. The Morgan fingerprint density at radius 3 is 2.70 bits per heavy atom. The van der Waals surface area contributed by atoms with Crippen molar-refractivity contribution < 1.29 is 4.79 Å². The minimum atomic E-state index is 0.453. The molecule has 0 fully saturated rings. The van der Waals surface area contributed by atoms with E-state index in [0.717, 1.165) is 56.9 Å². The first kappa shape index (κ1) is 19.6. The van der Waals surface area contributed by atoms with Gasteiger partial charge < -0.3 is 10.2 Å². The number of aromatic amines is 1. The van der Waals surface area contributed by atoms with E-state index in [4.69, 9.17) is 0 Å². The number of hydrogen-bond acceptors (Lipinski definition) is 5. The number of benzene rings is 1. The quantitative estimate of drug-likeness (QED) is 0.460. The standard InChI is InChI=1S/C23H24N6O/c1-15-5-4-6-19(26-15)13-29(14-30)12-18-10-20-22(11-21(18)24-3)27-28-23(20)17-7-8-25-16(2)9-17/h4-11,14,24H,12-13H2,1-3H3,(H,27,28). The highest BCUT2D eigenvalue weighted by Crippen LogP contribution is 2.31. The molecule has 152 valence electrons. The summed E-state index contributed by atoms with van der Waals surface area (Å²) in [5.41, 5.74) is 7.52. The molecule has 4 aromatic rings. The fraction of sp³-hybridized carbons (Fsp3) is 0.217. The van der Waals surface area contributed by atoms with Gasteiger partial charge in [0.2, 0.25) is 6.41 Å². The third-order valence-corrected chi connectivity index (χ3v) is 5.06. The lowest BCUT2D eigenvalue weighted by Crippen LogP contribution is -2.22. The number of nitrogens with zero attached hydrogens (tertiary/aromatic N) is 4. The Morgan fingerprint density at radius 2 is 1.97 bits per heavy atom. The molecule has 0 aliphatic carbocycles. The van der Waals surface area contributed by atoms with Gasteiger partial charge in [0.1, 0.15) is 5.69 Å². The van der Waals surface area contributed by atoms with Crippen LogP contribution in [0.3, 0.4) is 0 Å². The molecule has 0 saturated heterocycles. The van der Waals surface area contributed by atoms with Gasteiger partial charge in [-0.1, -0.05) is 6.07 Å². The van der Waals surface area contributed by atoms with Crippen molar-refractivity contribution in [1.29, 1.82) is 0 Å². The Morgan fingerprint density at radius 1 is 1.10 bits per heavy atom. The molecule has 0 bridgehead atoms. The molecule has 0 aliphatic heterocycles. The minimum Gasteiger partial charge on any atom is -0.388 e. The van der Waals surface area contributed by atoms with E-state index < -0.39 is 0 Å². The molecule has 0 spiro atoms. The van der Waals surface area contributed by atoms with Gasteiger partial charge in [-0.05, 0) is 55.8 Å². The van der Waals surface area contributed by atoms with Crippen LogP contribution < -0.4 is 5.32 Å². The number of aryl methyl sites for hydroxylation is 2. The first-order valence-electron chi connectivity index (χ1n) is 9.81. The van der Waals surface area contributed by atoms with E-state index in [1.54, 1.807) is 11.1 Å². The summed E-state index contributed by atoms with van der Waals surface area (Å²) in [5.74, 6) is 0. The Bertz CT molecular complexity index is 1200. The molecule has 3 aromatic heterocycles. The summed E-state index contributed by atoms with van der Waals surface area (Å²) < 4.78 is 0. The van der Waals surface area contributed by atoms with Gasteiger partial charge in [-0.15, -0.1) is 0 Å². The molecular weight excluding hydrogens is 376 g/mol. The molecule has 3 heterocycles. The molecule has 30 heavy (non-hydrogen) atoms. The molecule has 1 aromatic carbocycles. The Labute approximate surface area is 175 Å². The van der Waals surface area contributed by atoms with Gasteiger partial charge in [0.25, 0.3) is 0 Å². The summed E-state index contributed by atoms with van der Waals surface area (Å²) in [6, 6.07) is 13.9. The van der Waals surface area contributed by atoms with E-state index in [1.165, 1.54) is 0 Å². The van der Waals surface area contributed by atoms with E-state index in [1.807, 2.05) is 57.3 Å². The first-order chi connectivity index (χ1) is 14.6. The number of anilines is 1. The summed E-state index contributed by atoms with van der Waals surface area (Å²) in [4.78, 5) is 22.3. The smallest absolute Gasteiger partial charge is 0.210 e. The van der Waals surface area contributed by atoms with Crippen molar-refractivity contribution in [2.45, 2.75) is 26.9 Å². The summed E-state index contributed by atoms with van der Waals surface area (Å²) in [7, 11) is 1.88. The van der Waals surface area contributed by atoms with E-state index in [0.29, 0.717) is 13.1 Å². The molecule has 4 rings (SSSR count). The summed E-state index contributed by atoms with van der Waals surface area (Å²) in [6.07, 6.45) is 2.66. The normalized spacial score (nSPS) is 10.9. The van der Waals surface area contributed by atoms with E-state index in [9.17, 15) is 4.79 Å². The highest BCUT2D eigenvalue weighted by atomic mass is 16.1. The van der Waals surface area contributed by atoms with Crippen LogP contribution in [0, 0.1) is 13.8 Å². The largest absolute Gasteiger partial charge is 0.388 e. The number of H-pyrrole nitrogens is 1. The number of rotatable bonds is 7. The van der Waals surface area contributed by atoms with Gasteiger partial charge in [-0.25, -0.2) is 0 Å². The topological polar surface area (TPSA) is 86.8 Å². The maximum atomic E-state index is 11.8. The number of fused-ring (bicyclic) bond motifs is 1.